The number of nitrogens with zero attached hydrogens (tertiary/aromatic N) is 1. The molecule has 0 fully saturated rings. The van der Waals surface area contributed by atoms with Crippen molar-refractivity contribution in [3.05, 3.63) is 59.2 Å². The summed E-state index contributed by atoms with van der Waals surface area (Å²) in [4.78, 5) is 0. The second-order valence-corrected chi connectivity index (χ2v) is 8.38. The van der Waals surface area contributed by atoms with Crippen LogP contribution in [0.2, 0.25) is 0 Å². The molecule has 1 heterocycles. The second kappa shape index (κ2) is 7.45. The average Bonchev–Trinajstić information content (AvgIpc) is 2.59. The summed E-state index contributed by atoms with van der Waals surface area (Å²) in [6, 6.07) is 13.1. The van der Waals surface area contributed by atoms with Crippen LogP contribution in [0.4, 0.5) is 0 Å². The van der Waals surface area contributed by atoms with Gasteiger partial charge in [-0.3, -0.25) is 0 Å². The van der Waals surface area contributed by atoms with Gasteiger partial charge in [0.15, 0.2) is 0 Å². The molecular weight excluding hydrogens is 338 g/mol. The van der Waals surface area contributed by atoms with E-state index < -0.39 is 10.0 Å². The van der Waals surface area contributed by atoms with Gasteiger partial charge in [-0.05, 0) is 60.2 Å². The topological polar surface area (TPSA) is 66.8 Å². The molecule has 0 aliphatic carbocycles. The molecule has 3 rings (SSSR count). The number of hydrogen-bond donors (Lipinski definition) is 1. The van der Waals surface area contributed by atoms with Crippen LogP contribution >= 0.6 is 0 Å². The molecular formula is C19H23NO4S. The minimum Gasteiger partial charge on any atom is -0.508 e. The predicted molar refractivity (Wildman–Crippen MR) is 97.3 cm³/mol. The SMILES string of the molecule is CS(=O)(=O)N1CCc2cc(OCCCc3ccc(O)cc3)ccc2C1. The number of aromatic hydroxyl groups is 1. The molecule has 1 N–H and O–H groups in total. The van der Waals surface area contributed by atoms with E-state index in [9.17, 15) is 13.5 Å². The summed E-state index contributed by atoms with van der Waals surface area (Å²) < 4.78 is 30.7. The maximum absolute atomic E-state index is 11.7. The minimum atomic E-state index is -3.14. The number of rotatable bonds is 6. The lowest BCUT2D eigenvalue weighted by Gasteiger charge is -2.27. The molecule has 134 valence electrons. The molecule has 0 atom stereocenters. The summed E-state index contributed by atoms with van der Waals surface area (Å²) in [6.07, 6.45) is 3.76. The van der Waals surface area contributed by atoms with E-state index in [0.717, 1.165) is 29.7 Å². The van der Waals surface area contributed by atoms with Crippen LogP contribution in [0.25, 0.3) is 0 Å². The van der Waals surface area contributed by atoms with E-state index in [1.807, 2.05) is 30.3 Å². The molecule has 2 aromatic carbocycles. The largest absolute Gasteiger partial charge is 0.508 e. The fourth-order valence-electron chi connectivity index (χ4n) is 3.01. The van der Waals surface area contributed by atoms with Crippen molar-refractivity contribution in [3.63, 3.8) is 0 Å². The Balaban J connectivity index is 1.52. The zero-order chi connectivity index (χ0) is 17.9. The molecule has 0 aromatic heterocycles. The van der Waals surface area contributed by atoms with E-state index >= 15 is 0 Å². The number of phenols is 1. The van der Waals surface area contributed by atoms with Gasteiger partial charge in [0.2, 0.25) is 10.0 Å². The average molecular weight is 361 g/mol. The molecule has 0 bridgehead atoms. The third-order valence-corrected chi connectivity index (χ3v) is 5.69. The lowest BCUT2D eigenvalue weighted by Crippen LogP contribution is -2.35. The van der Waals surface area contributed by atoms with E-state index in [4.69, 9.17) is 4.74 Å². The molecule has 0 saturated carbocycles. The lowest BCUT2D eigenvalue weighted by molar-refractivity contribution is 0.309. The number of phenolic OH excluding ortho intramolecular Hbond substituents is 1. The van der Waals surface area contributed by atoms with Crippen LogP contribution in [0.5, 0.6) is 11.5 Å². The van der Waals surface area contributed by atoms with Crippen LogP contribution in [0, 0.1) is 0 Å². The molecule has 0 saturated heterocycles. The summed E-state index contributed by atoms with van der Waals surface area (Å²) in [7, 11) is -3.14. The number of hydrogen-bond acceptors (Lipinski definition) is 4. The lowest BCUT2D eigenvalue weighted by atomic mass is 10.0. The Bertz CT molecular complexity index is 831. The standard InChI is InChI=1S/C19H23NO4S/c1-25(22,23)20-11-10-16-13-19(9-6-17(16)14-20)24-12-2-3-15-4-7-18(21)8-5-15/h4-9,13,21H,2-3,10-12,14H2,1H3. The van der Waals surface area contributed by atoms with E-state index in [0.29, 0.717) is 26.1 Å². The third kappa shape index (κ3) is 4.74. The van der Waals surface area contributed by atoms with Gasteiger partial charge in [-0.2, -0.15) is 4.31 Å². The first-order chi connectivity index (χ1) is 11.9. The highest BCUT2D eigenvalue weighted by molar-refractivity contribution is 7.88. The predicted octanol–water partition coefficient (Wildman–Crippen LogP) is 2.72. The molecule has 5 nitrogen and oxygen atoms in total. The van der Waals surface area contributed by atoms with Gasteiger partial charge in [0, 0.05) is 13.1 Å². The summed E-state index contributed by atoms with van der Waals surface area (Å²) in [6.45, 7) is 1.58. The Hall–Kier alpha value is -2.05. The number of aryl methyl sites for hydroxylation is 1. The van der Waals surface area contributed by atoms with E-state index in [2.05, 4.69) is 0 Å². The van der Waals surface area contributed by atoms with Gasteiger partial charge in [0.05, 0.1) is 12.9 Å². The Morgan fingerprint density at radius 3 is 2.60 bits per heavy atom. The van der Waals surface area contributed by atoms with Gasteiger partial charge in [-0.15, -0.1) is 0 Å². The van der Waals surface area contributed by atoms with Gasteiger partial charge >= 0.3 is 0 Å². The molecule has 0 radical (unpaired) electrons. The third-order valence-electron chi connectivity index (χ3n) is 4.44. The van der Waals surface area contributed by atoms with E-state index in [1.165, 1.54) is 16.1 Å². The molecule has 1 aliphatic rings. The van der Waals surface area contributed by atoms with Crippen LogP contribution in [-0.2, 0) is 29.4 Å². The second-order valence-electron chi connectivity index (χ2n) is 6.40. The van der Waals surface area contributed by atoms with Gasteiger partial charge < -0.3 is 9.84 Å². The summed E-state index contributed by atoms with van der Waals surface area (Å²) >= 11 is 0. The quantitative estimate of drug-likeness (QED) is 0.804. The summed E-state index contributed by atoms with van der Waals surface area (Å²) in [5.41, 5.74) is 3.39. The Morgan fingerprint density at radius 2 is 1.88 bits per heavy atom. The molecule has 2 aromatic rings. The van der Waals surface area contributed by atoms with E-state index in [1.54, 1.807) is 12.1 Å². The van der Waals surface area contributed by atoms with Crippen LogP contribution in [0.1, 0.15) is 23.1 Å². The van der Waals surface area contributed by atoms with Crippen molar-refractivity contribution in [2.45, 2.75) is 25.8 Å². The molecule has 0 amide bonds. The number of fused-ring (bicyclic) bond motifs is 1. The van der Waals surface area contributed by atoms with Crippen LogP contribution in [0.3, 0.4) is 0 Å². The maximum Gasteiger partial charge on any atom is 0.211 e. The maximum atomic E-state index is 11.7. The highest BCUT2D eigenvalue weighted by Crippen LogP contribution is 2.25. The van der Waals surface area contributed by atoms with Crippen molar-refractivity contribution < 1.29 is 18.3 Å². The first-order valence-corrected chi connectivity index (χ1v) is 10.2. The Labute approximate surface area is 148 Å². The van der Waals surface area contributed by atoms with Crippen LogP contribution in [0.15, 0.2) is 42.5 Å². The fourth-order valence-corrected chi connectivity index (χ4v) is 3.80. The van der Waals surface area contributed by atoms with Gasteiger partial charge in [-0.1, -0.05) is 18.2 Å². The Kier molecular flexibility index (Phi) is 5.30. The van der Waals surface area contributed by atoms with Crippen molar-refractivity contribution >= 4 is 10.0 Å². The van der Waals surface area contributed by atoms with Crippen LogP contribution < -0.4 is 4.74 Å². The smallest absolute Gasteiger partial charge is 0.211 e. The van der Waals surface area contributed by atoms with Crippen LogP contribution in [-0.4, -0.2) is 37.2 Å². The first kappa shape index (κ1) is 17.8. The molecule has 1 aliphatic heterocycles. The molecule has 25 heavy (non-hydrogen) atoms. The van der Waals surface area contributed by atoms with Crippen molar-refractivity contribution in [2.75, 3.05) is 19.4 Å². The number of ether oxygens (including phenoxy) is 1. The Morgan fingerprint density at radius 1 is 1.12 bits per heavy atom. The molecule has 0 spiro atoms. The zero-order valence-corrected chi connectivity index (χ0v) is 15.1. The van der Waals surface area contributed by atoms with Crippen molar-refractivity contribution in [1.82, 2.24) is 4.31 Å². The number of sulfonamides is 1. The van der Waals surface area contributed by atoms with Gasteiger partial charge in [-0.25, -0.2) is 8.42 Å². The molecule has 6 heteroatoms. The van der Waals surface area contributed by atoms with E-state index in [-0.39, 0.29) is 5.75 Å². The van der Waals surface area contributed by atoms with Crippen molar-refractivity contribution in [2.24, 2.45) is 0 Å². The monoisotopic (exact) mass is 361 g/mol. The first-order valence-electron chi connectivity index (χ1n) is 8.39. The molecule has 0 unspecified atom stereocenters. The summed E-state index contributed by atoms with van der Waals surface area (Å²) in [5, 5.41) is 9.27. The van der Waals surface area contributed by atoms with Gasteiger partial charge in [0.25, 0.3) is 0 Å². The highest BCUT2D eigenvalue weighted by Gasteiger charge is 2.23. The zero-order valence-electron chi connectivity index (χ0n) is 14.3. The fraction of sp³-hybridized carbons (Fsp3) is 0.368. The summed E-state index contributed by atoms with van der Waals surface area (Å²) in [5.74, 6) is 1.11. The van der Waals surface area contributed by atoms with Crippen molar-refractivity contribution in [3.8, 4) is 11.5 Å². The van der Waals surface area contributed by atoms with Crippen molar-refractivity contribution in [1.29, 1.82) is 0 Å². The number of benzene rings is 2. The normalized spacial score (nSPS) is 14.9. The van der Waals surface area contributed by atoms with Gasteiger partial charge in [0.1, 0.15) is 11.5 Å². The highest BCUT2D eigenvalue weighted by atomic mass is 32.2. The minimum absolute atomic E-state index is 0.281.